The lowest BCUT2D eigenvalue weighted by molar-refractivity contribution is -0.150. The summed E-state index contributed by atoms with van der Waals surface area (Å²) < 4.78 is 10.9. The molecule has 1 atom stereocenters. The molecular formula is C23H28ClNO5. The maximum Gasteiger partial charge on any atom is 0.333 e. The third-order valence-electron chi connectivity index (χ3n) is 4.48. The van der Waals surface area contributed by atoms with Crippen molar-refractivity contribution in [2.45, 2.75) is 39.8 Å². The number of ether oxygens (including phenoxy) is 2. The summed E-state index contributed by atoms with van der Waals surface area (Å²) in [6.07, 6.45) is -0.717. The predicted molar refractivity (Wildman–Crippen MR) is 116 cm³/mol. The predicted octanol–water partition coefficient (Wildman–Crippen LogP) is 4.26. The van der Waals surface area contributed by atoms with Gasteiger partial charge in [-0.15, -0.1) is 0 Å². The molecule has 6 nitrogen and oxygen atoms in total. The van der Waals surface area contributed by atoms with E-state index in [1.54, 1.807) is 31.4 Å². The number of hydrogen-bond donors (Lipinski definition) is 2. The lowest BCUT2D eigenvalue weighted by atomic mass is 10.0. The molecule has 0 radical (unpaired) electrons. The van der Waals surface area contributed by atoms with Crippen LogP contribution in [-0.4, -0.2) is 36.8 Å². The number of carbonyl (C=O) groups is 2. The van der Waals surface area contributed by atoms with Gasteiger partial charge in [-0.1, -0.05) is 43.6 Å². The Morgan fingerprint density at radius 2 is 1.90 bits per heavy atom. The van der Waals surface area contributed by atoms with Gasteiger partial charge in [0.05, 0.1) is 24.3 Å². The van der Waals surface area contributed by atoms with Gasteiger partial charge in [-0.05, 0) is 42.2 Å². The quantitative estimate of drug-likeness (QED) is 0.585. The van der Waals surface area contributed by atoms with E-state index in [4.69, 9.17) is 21.1 Å². The topological polar surface area (TPSA) is 84.9 Å². The van der Waals surface area contributed by atoms with Crippen molar-refractivity contribution in [3.8, 4) is 5.75 Å². The smallest absolute Gasteiger partial charge is 0.333 e. The van der Waals surface area contributed by atoms with Gasteiger partial charge in [-0.3, -0.25) is 4.79 Å². The number of aliphatic carboxylic acids is 1. The maximum atomic E-state index is 12.5. The van der Waals surface area contributed by atoms with Gasteiger partial charge in [-0.25, -0.2) is 4.79 Å². The van der Waals surface area contributed by atoms with Gasteiger partial charge < -0.3 is 19.9 Å². The van der Waals surface area contributed by atoms with E-state index >= 15 is 0 Å². The molecule has 2 aromatic rings. The fourth-order valence-corrected chi connectivity index (χ4v) is 3.23. The Balaban J connectivity index is 2.13. The molecule has 0 heterocycles. The first-order chi connectivity index (χ1) is 14.2. The summed E-state index contributed by atoms with van der Waals surface area (Å²) in [4.78, 5) is 24.0. The van der Waals surface area contributed by atoms with Crippen LogP contribution in [0.5, 0.6) is 5.75 Å². The molecule has 0 aliphatic carbocycles. The summed E-state index contributed by atoms with van der Waals surface area (Å²) in [5.41, 5.74) is 2.88. The number of hydrogen-bond acceptors (Lipinski definition) is 4. The second-order valence-corrected chi connectivity index (χ2v) is 7.98. The van der Waals surface area contributed by atoms with Crippen LogP contribution in [0.4, 0.5) is 0 Å². The molecular weight excluding hydrogens is 406 g/mol. The van der Waals surface area contributed by atoms with E-state index in [2.05, 4.69) is 5.32 Å². The largest absolute Gasteiger partial charge is 0.496 e. The zero-order valence-electron chi connectivity index (χ0n) is 17.7. The molecule has 7 heteroatoms. The number of benzene rings is 2. The van der Waals surface area contributed by atoms with Crippen molar-refractivity contribution in [2.75, 3.05) is 13.7 Å². The first kappa shape index (κ1) is 23.7. The van der Waals surface area contributed by atoms with Crippen molar-refractivity contribution in [2.24, 2.45) is 5.92 Å². The van der Waals surface area contributed by atoms with E-state index in [-0.39, 0.29) is 24.8 Å². The van der Waals surface area contributed by atoms with Gasteiger partial charge in [-0.2, -0.15) is 0 Å². The van der Waals surface area contributed by atoms with Crippen molar-refractivity contribution in [3.63, 3.8) is 0 Å². The van der Waals surface area contributed by atoms with Crippen LogP contribution < -0.4 is 10.1 Å². The molecule has 162 valence electrons. The lowest BCUT2D eigenvalue weighted by Gasteiger charge is -2.17. The van der Waals surface area contributed by atoms with Crippen LogP contribution in [0, 0.1) is 12.8 Å². The Morgan fingerprint density at radius 1 is 1.17 bits per heavy atom. The number of carboxylic acids is 1. The van der Waals surface area contributed by atoms with Crippen molar-refractivity contribution in [1.82, 2.24) is 5.32 Å². The highest BCUT2D eigenvalue weighted by Gasteiger charge is 2.20. The number of rotatable bonds is 10. The van der Waals surface area contributed by atoms with Crippen LogP contribution in [0.3, 0.4) is 0 Å². The summed E-state index contributed by atoms with van der Waals surface area (Å²) in [5, 5.41) is 12.7. The monoisotopic (exact) mass is 433 g/mol. The normalized spacial score (nSPS) is 11.9. The Labute approximate surface area is 182 Å². The van der Waals surface area contributed by atoms with Gasteiger partial charge in [0.25, 0.3) is 5.91 Å². The van der Waals surface area contributed by atoms with Crippen molar-refractivity contribution in [3.05, 3.63) is 63.7 Å². The molecule has 0 aliphatic heterocycles. The maximum absolute atomic E-state index is 12.5. The number of carboxylic acid groups (broad SMARTS) is 1. The molecule has 0 saturated carbocycles. The average molecular weight is 434 g/mol. The van der Waals surface area contributed by atoms with Crippen molar-refractivity contribution < 1.29 is 24.2 Å². The molecule has 1 unspecified atom stereocenters. The second kappa shape index (κ2) is 11.0. The van der Waals surface area contributed by atoms with E-state index < -0.39 is 12.1 Å². The average Bonchev–Trinajstić information content (AvgIpc) is 2.69. The highest BCUT2D eigenvalue weighted by Crippen LogP contribution is 2.22. The number of carbonyl (C=O) groups excluding carboxylic acids is 1. The molecule has 0 aliphatic rings. The fraction of sp³-hybridized carbons (Fsp3) is 0.391. The molecule has 0 aromatic heterocycles. The minimum atomic E-state index is -1.00. The molecule has 1 amide bonds. The van der Waals surface area contributed by atoms with Crippen LogP contribution in [0.1, 0.15) is 40.9 Å². The molecule has 2 rings (SSSR count). The molecule has 2 aromatic carbocycles. The first-order valence-corrected chi connectivity index (χ1v) is 10.1. The van der Waals surface area contributed by atoms with Gasteiger partial charge >= 0.3 is 5.97 Å². The third-order valence-corrected chi connectivity index (χ3v) is 4.79. The van der Waals surface area contributed by atoms with Crippen molar-refractivity contribution in [1.29, 1.82) is 0 Å². The van der Waals surface area contributed by atoms with E-state index in [0.717, 1.165) is 16.7 Å². The molecule has 0 bridgehead atoms. The van der Waals surface area contributed by atoms with E-state index in [9.17, 15) is 14.7 Å². The number of aryl methyl sites for hydroxylation is 1. The highest BCUT2D eigenvalue weighted by atomic mass is 35.5. The number of amides is 1. The Morgan fingerprint density at radius 3 is 2.50 bits per heavy atom. The van der Waals surface area contributed by atoms with Crippen LogP contribution in [0.2, 0.25) is 5.02 Å². The summed E-state index contributed by atoms with van der Waals surface area (Å²) in [6, 6.07) is 10.6. The highest BCUT2D eigenvalue weighted by molar-refractivity contribution is 6.33. The molecule has 0 spiro atoms. The number of nitrogens with one attached hydrogen (secondary N) is 1. The lowest BCUT2D eigenvalue weighted by Crippen LogP contribution is -2.28. The minimum Gasteiger partial charge on any atom is -0.496 e. The van der Waals surface area contributed by atoms with Crippen LogP contribution in [0.25, 0.3) is 0 Å². The SMILES string of the molecule is COc1ccc(CC(OCC(C)C)C(=O)O)cc1CNC(=O)c1ccc(C)cc1Cl. The fourth-order valence-electron chi connectivity index (χ4n) is 2.91. The Kier molecular flexibility index (Phi) is 8.69. The number of halogens is 1. The summed E-state index contributed by atoms with van der Waals surface area (Å²) >= 11 is 6.17. The van der Waals surface area contributed by atoms with Crippen molar-refractivity contribution >= 4 is 23.5 Å². The zero-order valence-corrected chi connectivity index (χ0v) is 18.5. The van der Waals surface area contributed by atoms with Gasteiger partial charge in [0.1, 0.15) is 5.75 Å². The van der Waals surface area contributed by atoms with Gasteiger partial charge in [0, 0.05) is 18.5 Å². The van der Waals surface area contributed by atoms with Gasteiger partial charge in [0.2, 0.25) is 0 Å². The molecule has 2 N–H and O–H groups in total. The van der Waals surface area contributed by atoms with Gasteiger partial charge in [0.15, 0.2) is 6.10 Å². The van der Waals surface area contributed by atoms with Crippen LogP contribution in [-0.2, 0) is 22.5 Å². The first-order valence-electron chi connectivity index (χ1n) is 9.75. The summed E-state index contributed by atoms with van der Waals surface area (Å²) in [5.74, 6) is -0.461. The molecule has 0 fully saturated rings. The second-order valence-electron chi connectivity index (χ2n) is 7.57. The van der Waals surface area contributed by atoms with Crippen LogP contribution in [0.15, 0.2) is 36.4 Å². The molecule has 0 saturated heterocycles. The van der Waals surface area contributed by atoms with Crippen LogP contribution >= 0.6 is 11.6 Å². The standard InChI is InChI=1S/C23H28ClNO5/c1-14(2)13-30-21(23(27)28)11-16-6-8-20(29-4)17(10-16)12-25-22(26)18-7-5-15(3)9-19(18)24/h5-10,14,21H,11-13H2,1-4H3,(H,25,26)(H,27,28). The minimum absolute atomic E-state index is 0.213. The van der Waals surface area contributed by atoms with E-state index in [1.165, 1.54) is 0 Å². The number of methoxy groups -OCH3 is 1. The van der Waals surface area contributed by atoms with E-state index in [0.29, 0.717) is 22.9 Å². The summed E-state index contributed by atoms with van der Waals surface area (Å²) in [7, 11) is 1.54. The zero-order chi connectivity index (χ0) is 22.3. The van der Waals surface area contributed by atoms with E-state index in [1.807, 2.05) is 32.9 Å². The summed E-state index contributed by atoms with van der Waals surface area (Å²) in [6.45, 7) is 6.41. The Hall–Kier alpha value is -2.57. The molecule has 30 heavy (non-hydrogen) atoms. The third kappa shape index (κ3) is 6.75. The Bertz CT molecular complexity index is 897.